The van der Waals surface area contributed by atoms with Gasteiger partial charge in [0.2, 0.25) is 5.88 Å². The SMILES string of the molecule is COc1ccc(Cc2ncc(Cc3c[nH]c4ncc(C)cc34)cn2)cn1. The molecule has 6 nitrogen and oxygen atoms in total. The largest absolute Gasteiger partial charge is 0.481 e. The average Bonchev–Trinajstić information content (AvgIpc) is 3.06. The molecule has 0 fully saturated rings. The highest BCUT2D eigenvalue weighted by Crippen LogP contribution is 2.20. The molecule has 0 saturated heterocycles. The number of hydrogen-bond acceptors (Lipinski definition) is 5. The Hall–Kier alpha value is -3.28. The molecule has 0 aliphatic carbocycles. The fraction of sp³-hybridized carbons (Fsp3) is 0.200. The van der Waals surface area contributed by atoms with E-state index in [1.807, 2.05) is 36.9 Å². The molecular formula is C20H19N5O. The first-order valence-corrected chi connectivity index (χ1v) is 8.42. The van der Waals surface area contributed by atoms with Gasteiger partial charge < -0.3 is 9.72 Å². The van der Waals surface area contributed by atoms with Crippen LogP contribution >= 0.6 is 0 Å². The van der Waals surface area contributed by atoms with E-state index in [0.29, 0.717) is 12.3 Å². The Morgan fingerprint density at radius 1 is 0.923 bits per heavy atom. The molecule has 130 valence electrons. The van der Waals surface area contributed by atoms with Crippen LogP contribution in [0.25, 0.3) is 11.0 Å². The predicted molar refractivity (Wildman–Crippen MR) is 99.3 cm³/mol. The second kappa shape index (κ2) is 6.92. The Morgan fingerprint density at radius 2 is 1.73 bits per heavy atom. The third kappa shape index (κ3) is 3.39. The Balaban J connectivity index is 1.49. The van der Waals surface area contributed by atoms with Gasteiger partial charge in [-0.3, -0.25) is 0 Å². The number of aryl methyl sites for hydroxylation is 1. The monoisotopic (exact) mass is 345 g/mol. The maximum absolute atomic E-state index is 5.07. The number of hydrogen-bond donors (Lipinski definition) is 1. The Kier molecular flexibility index (Phi) is 4.31. The van der Waals surface area contributed by atoms with Crippen molar-refractivity contribution in [1.29, 1.82) is 0 Å². The molecular weight excluding hydrogens is 326 g/mol. The molecule has 0 aromatic carbocycles. The van der Waals surface area contributed by atoms with Gasteiger partial charge >= 0.3 is 0 Å². The lowest BCUT2D eigenvalue weighted by atomic mass is 10.1. The summed E-state index contributed by atoms with van der Waals surface area (Å²) in [5, 5.41) is 1.15. The van der Waals surface area contributed by atoms with E-state index in [0.717, 1.165) is 40.0 Å². The number of rotatable bonds is 5. The van der Waals surface area contributed by atoms with Crippen LogP contribution in [0.15, 0.2) is 49.2 Å². The van der Waals surface area contributed by atoms with Crippen molar-refractivity contribution < 1.29 is 4.74 Å². The summed E-state index contributed by atoms with van der Waals surface area (Å²) in [7, 11) is 1.61. The summed E-state index contributed by atoms with van der Waals surface area (Å²) >= 11 is 0. The highest BCUT2D eigenvalue weighted by molar-refractivity contribution is 5.80. The first kappa shape index (κ1) is 16.2. The standard InChI is InChI=1S/C20H19N5O/c1-13-5-17-16(12-25-20(17)24-8-13)6-15-10-21-18(22-11-15)7-14-3-4-19(26-2)23-9-14/h3-5,8-12H,6-7H2,1-2H3,(H,24,25). The normalized spacial score (nSPS) is 11.0. The molecule has 0 aliphatic rings. The number of aromatic nitrogens is 5. The molecule has 0 aliphatic heterocycles. The molecule has 6 heteroatoms. The van der Waals surface area contributed by atoms with Gasteiger partial charge in [0.1, 0.15) is 11.5 Å². The van der Waals surface area contributed by atoms with Crippen LogP contribution in [0, 0.1) is 6.92 Å². The van der Waals surface area contributed by atoms with Crippen molar-refractivity contribution in [1.82, 2.24) is 24.9 Å². The Morgan fingerprint density at radius 3 is 2.46 bits per heavy atom. The van der Waals surface area contributed by atoms with E-state index in [-0.39, 0.29) is 0 Å². The molecule has 0 unspecified atom stereocenters. The maximum Gasteiger partial charge on any atom is 0.212 e. The number of pyridine rings is 2. The van der Waals surface area contributed by atoms with Crippen LogP contribution in [0.3, 0.4) is 0 Å². The predicted octanol–water partition coefficient (Wildman–Crippen LogP) is 3.25. The molecule has 4 rings (SSSR count). The van der Waals surface area contributed by atoms with Crippen LogP contribution in [-0.4, -0.2) is 32.0 Å². The number of aromatic amines is 1. The molecule has 0 spiro atoms. The maximum atomic E-state index is 5.07. The second-order valence-corrected chi connectivity index (χ2v) is 6.29. The molecule has 26 heavy (non-hydrogen) atoms. The number of H-pyrrole nitrogens is 1. The number of methoxy groups -OCH3 is 1. The lowest BCUT2D eigenvalue weighted by Gasteiger charge is -2.04. The van der Waals surface area contributed by atoms with Gasteiger partial charge in [-0.25, -0.2) is 19.9 Å². The van der Waals surface area contributed by atoms with Gasteiger partial charge in [0.05, 0.1) is 7.11 Å². The van der Waals surface area contributed by atoms with Crippen LogP contribution in [0.5, 0.6) is 5.88 Å². The van der Waals surface area contributed by atoms with E-state index >= 15 is 0 Å². The highest BCUT2D eigenvalue weighted by atomic mass is 16.5. The summed E-state index contributed by atoms with van der Waals surface area (Å²) in [5.41, 5.74) is 5.39. The Labute approximate surface area is 151 Å². The number of nitrogens with one attached hydrogen (secondary N) is 1. The lowest BCUT2D eigenvalue weighted by molar-refractivity contribution is 0.397. The summed E-state index contributed by atoms with van der Waals surface area (Å²) in [6.45, 7) is 2.05. The van der Waals surface area contributed by atoms with Gasteiger partial charge in [-0.15, -0.1) is 0 Å². The molecule has 0 amide bonds. The van der Waals surface area contributed by atoms with Crippen molar-refractivity contribution in [2.45, 2.75) is 19.8 Å². The van der Waals surface area contributed by atoms with Crippen molar-refractivity contribution in [2.75, 3.05) is 7.11 Å². The second-order valence-electron chi connectivity index (χ2n) is 6.29. The van der Waals surface area contributed by atoms with Crippen LogP contribution < -0.4 is 4.74 Å². The van der Waals surface area contributed by atoms with Gasteiger partial charge in [-0.05, 0) is 35.2 Å². The van der Waals surface area contributed by atoms with Crippen molar-refractivity contribution in [2.24, 2.45) is 0 Å². The zero-order valence-corrected chi connectivity index (χ0v) is 14.7. The summed E-state index contributed by atoms with van der Waals surface area (Å²) in [6.07, 6.45) is 10.9. The van der Waals surface area contributed by atoms with E-state index in [2.05, 4.69) is 37.9 Å². The molecule has 1 N–H and O–H groups in total. The highest BCUT2D eigenvalue weighted by Gasteiger charge is 2.07. The minimum Gasteiger partial charge on any atom is -0.481 e. The number of ether oxygens (including phenoxy) is 1. The summed E-state index contributed by atoms with van der Waals surface area (Å²) in [6, 6.07) is 5.97. The molecule has 4 aromatic heterocycles. The van der Waals surface area contributed by atoms with E-state index in [9.17, 15) is 0 Å². The van der Waals surface area contributed by atoms with Gasteiger partial charge in [-0.2, -0.15) is 0 Å². The van der Waals surface area contributed by atoms with Gasteiger partial charge in [0.15, 0.2) is 0 Å². The quantitative estimate of drug-likeness (QED) is 0.601. The summed E-state index contributed by atoms with van der Waals surface area (Å²) in [5.74, 6) is 1.38. The molecule has 0 bridgehead atoms. The van der Waals surface area contributed by atoms with E-state index in [4.69, 9.17) is 4.74 Å². The molecule has 4 aromatic rings. The zero-order valence-electron chi connectivity index (χ0n) is 14.7. The van der Waals surface area contributed by atoms with E-state index in [1.54, 1.807) is 13.3 Å². The van der Waals surface area contributed by atoms with Crippen LogP contribution in [0.4, 0.5) is 0 Å². The molecule has 4 heterocycles. The summed E-state index contributed by atoms with van der Waals surface area (Å²) in [4.78, 5) is 20.8. The number of fused-ring (bicyclic) bond motifs is 1. The van der Waals surface area contributed by atoms with E-state index in [1.165, 1.54) is 5.56 Å². The third-order valence-electron chi connectivity index (χ3n) is 4.28. The topological polar surface area (TPSA) is 76.6 Å². The Bertz CT molecular complexity index is 1020. The molecule has 0 saturated carbocycles. The molecule has 0 radical (unpaired) electrons. The minimum absolute atomic E-state index is 0.605. The van der Waals surface area contributed by atoms with Crippen LogP contribution in [0.2, 0.25) is 0 Å². The first-order chi connectivity index (χ1) is 12.7. The third-order valence-corrected chi connectivity index (χ3v) is 4.28. The average molecular weight is 345 g/mol. The van der Waals surface area contributed by atoms with E-state index < -0.39 is 0 Å². The van der Waals surface area contributed by atoms with Crippen molar-refractivity contribution in [3.8, 4) is 5.88 Å². The van der Waals surface area contributed by atoms with Gasteiger partial charge in [0.25, 0.3) is 0 Å². The smallest absolute Gasteiger partial charge is 0.212 e. The van der Waals surface area contributed by atoms with Crippen LogP contribution in [0.1, 0.15) is 28.1 Å². The van der Waals surface area contributed by atoms with Crippen molar-refractivity contribution in [3.63, 3.8) is 0 Å². The van der Waals surface area contributed by atoms with Crippen LogP contribution in [-0.2, 0) is 12.8 Å². The van der Waals surface area contributed by atoms with Gasteiger partial charge in [-0.1, -0.05) is 6.07 Å². The number of nitrogens with zero attached hydrogens (tertiary/aromatic N) is 4. The zero-order chi connectivity index (χ0) is 17.9. The first-order valence-electron chi connectivity index (χ1n) is 8.42. The van der Waals surface area contributed by atoms with Crippen molar-refractivity contribution in [3.05, 3.63) is 77.3 Å². The van der Waals surface area contributed by atoms with Crippen molar-refractivity contribution >= 4 is 11.0 Å². The van der Waals surface area contributed by atoms with Gasteiger partial charge in [0, 0.05) is 55.3 Å². The fourth-order valence-corrected chi connectivity index (χ4v) is 2.91. The summed E-state index contributed by atoms with van der Waals surface area (Å²) < 4.78 is 5.07. The minimum atomic E-state index is 0.605. The lowest BCUT2D eigenvalue weighted by Crippen LogP contribution is -1.99. The fourth-order valence-electron chi connectivity index (χ4n) is 2.91. The molecule has 0 atom stereocenters.